The van der Waals surface area contributed by atoms with E-state index in [0.717, 1.165) is 38.9 Å². The molecule has 2 aromatic carbocycles. The predicted octanol–water partition coefficient (Wildman–Crippen LogP) is 5.50. The van der Waals surface area contributed by atoms with E-state index >= 15 is 0 Å². The van der Waals surface area contributed by atoms with Crippen molar-refractivity contribution in [2.45, 2.75) is 42.7 Å². The second kappa shape index (κ2) is 11.0. The SMILES string of the molecule is CCCCCOc1ccc(C=NNC(=O)C(C)Sc2nc3ccccc3s2)cc1. The van der Waals surface area contributed by atoms with Crippen LogP contribution in [0.25, 0.3) is 10.2 Å². The first-order chi connectivity index (χ1) is 14.2. The van der Waals surface area contributed by atoms with Crippen LogP contribution in [0, 0.1) is 0 Å². The average molecular weight is 428 g/mol. The number of rotatable bonds is 10. The van der Waals surface area contributed by atoms with Crippen LogP contribution in [0.4, 0.5) is 0 Å². The van der Waals surface area contributed by atoms with Crippen molar-refractivity contribution in [1.29, 1.82) is 0 Å². The number of thioether (sulfide) groups is 1. The second-order valence-corrected chi connectivity index (χ2v) is 9.19. The van der Waals surface area contributed by atoms with Gasteiger partial charge in [0.25, 0.3) is 5.91 Å². The Morgan fingerprint density at radius 2 is 2.03 bits per heavy atom. The number of nitrogens with zero attached hydrogens (tertiary/aromatic N) is 2. The summed E-state index contributed by atoms with van der Waals surface area (Å²) in [5.74, 6) is 0.699. The molecule has 1 unspecified atom stereocenters. The molecule has 0 spiro atoms. The van der Waals surface area contributed by atoms with Crippen LogP contribution in [0.3, 0.4) is 0 Å². The van der Waals surface area contributed by atoms with Crippen molar-refractivity contribution in [3.8, 4) is 5.75 Å². The van der Waals surface area contributed by atoms with E-state index in [2.05, 4.69) is 22.4 Å². The standard InChI is InChI=1S/C22H25N3O2S2/c1-3-4-7-14-27-18-12-10-17(11-13-18)15-23-25-21(26)16(2)28-22-24-19-8-5-6-9-20(19)29-22/h5-6,8-13,15-16H,3-4,7,14H2,1-2H3,(H,25,26). The van der Waals surface area contributed by atoms with Crippen molar-refractivity contribution in [2.24, 2.45) is 5.10 Å². The van der Waals surface area contributed by atoms with Gasteiger partial charge in [0.2, 0.25) is 0 Å². The van der Waals surface area contributed by atoms with Crippen molar-refractivity contribution in [2.75, 3.05) is 6.61 Å². The molecule has 0 aliphatic heterocycles. The number of amides is 1. The van der Waals surface area contributed by atoms with Crippen LogP contribution in [-0.2, 0) is 4.79 Å². The monoisotopic (exact) mass is 427 g/mol. The highest BCUT2D eigenvalue weighted by molar-refractivity contribution is 8.02. The third kappa shape index (κ3) is 6.58. The minimum Gasteiger partial charge on any atom is -0.494 e. The average Bonchev–Trinajstić information content (AvgIpc) is 3.14. The summed E-state index contributed by atoms with van der Waals surface area (Å²) in [6, 6.07) is 15.6. The topological polar surface area (TPSA) is 63.6 Å². The lowest BCUT2D eigenvalue weighted by Gasteiger charge is -2.07. The minimum absolute atomic E-state index is 0.151. The van der Waals surface area contributed by atoms with E-state index in [9.17, 15) is 4.79 Å². The lowest BCUT2D eigenvalue weighted by Crippen LogP contribution is -2.26. The van der Waals surface area contributed by atoms with Crippen LogP contribution in [0.1, 0.15) is 38.7 Å². The number of nitrogens with one attached hydrogen (secondary N) is 1. The maximum atomic E-state index is 12.3. The Morgan fingerprint density at radius 3 is 2.79 bits per heavy atom. The summed E-state index contributed by atoms with van der Waals surface area (Å²) in [6.07, 6.45) is 5.06. The number of ether oxygens (including phenoxy) is 1. The van der Waals surface area contributed by atoms with Gasteiger partial charge in [-0.25, -0.2) is 10.4 Å². The summed E-state index contributed by atoms with van der Waals surface area (Å²) < 4.78 is 7.70. The number of aromatic nitrogens is 1. The van der Waals surface area contributed by atoms with Crippen LogP contribution < -0.4 is 10.2 Å². The molecule has 5 nitrogen and oxygen atoms in total. The van der Waals surface area contributed by atoms with Gasteiger partial charge in [0, 0.05) is 0 Å². The maximum absolute atomic E-state index is 12.3. The summed E-state index contributed by atoms with van der Waals surface area (Å²) in [7, 11) is 0. The molecule has 29 heavy (non-hydrogen) atoms. The van der Waals surface area contributed by atoms with Gasteiger partial charge in [-0.1, -0.05) is 43.7 Å². The fourth-order valence-corrected chi connectivity index (χ4v) is 4.76. The summed E-state index contributed by atoms with van der Waals surface area (Å²) in [5.41, 5.74) is 4.47. The number of benzene rings is 2. The molecule has 1 amide bonds. The molecular weight excluding hydrogens is 402 g/mol. The number of unbranched alkanes of at least 4 members (excludes halogenated alkanes) is 2. The fraction of sp³-hybridized carbons (Fsp3) is 0.318. The zero-order valence-corrected chi connectivity index (χ0v) is 18.3. The van der Waals surface area contributed by atoms with E-state index in [0.29, 0.717) is 0 Å². The van der Waals surface area contributed by atoms with Crippen molar-refractivity contribution in [3.63, 3.8) is 0 Å². The van der Waals surface area contributed by atoms with Crippen molar-refractivity contribution < 1.29 is 9.53 Å². The van der Waals surface area contributed by atoms with Gasteiger partial charge in [-0.3, -0.25) is 4.79 Å². The minimum atomic E-state index is -0.286. The highest BCUT2D eigenvalue weighted by Gasteiger charge is 2.16. The normalized spacial score (nSPS) is 12.3. The van der Waals surface area contributed by atoms with E-state index in [1.54, 1.807) is 17.6 Å². The van der Waals surface area contributed by atoms with Gasteiger partial charge in [0.1, 0.15) is 5.75 Å². The lowest BCUT2D eigenvalue weighted by atomic mass is 10.2. The van der Waals surface area contributed by atoms with Gasteiger partial charge in [0.15, 0.2) is 4.34 Å². The van der Waals surface area contributed by atoms with Gasteiger partial charge in [-0.2, -0.15) is 5.10 Å². The highest BCUT2D eigenvalue weighted by atomic mass is 32.2. The van der Waals surface area contributed by atoms with Gasteiger partial charge in [-0.15, -0.1) is 11.3 Å². The quantitative estimate of drug-likeness (QED) is 0.201. The molecule has 0 fully saturated rings. The molecule has 7 heteroatoms. The number of thiazole rings is 1. The Labute approximate surface area is 179 Å². The molecule has 1 atom stereocenters. The molecule has 0 aliphatic carbocycles. The number of hydrogen-bond donors (Lipinski definition) is 1. The summed E-state index contributed by atoms with van der Waals surface area (Å²) in [5, 5.41) is 3.78. The third-order valence-corrected chi connectivity index (χ3v) is 6.44. The molecule has 0 radical (unpaired) electrons. The van der Waals surface area contributed by atoms with Crippen molar-refractivity contribution in [3.05, 3.63) is 54.1 Å². The molecule has 0 saturated heterocycles. The first-order valence-electron chi connectivity index (χ1n) is 9.73. The third-order valence-electron chi connectivity index (χ3n) is 4.21. The molecular formula is C22H25N3O2S2. The number of carbonyl (C=O) groups excluding carboxylic acids is 1. The van der Waals surface area contributed by atoms with E-state index < -0.39 is 0 Å². The Balaban J connectivity index is 1.45. The molecule has 3 rings (SSSR count). The van der Waals surface area contributed by atoms with E-state index in [1.807, 2.05) is 55.5 Å². The second-order valence-electron chi connectivity index (χ2n) is 6.57. The van der Waals surface area contributed by atoms with E-state index in [1.165, 1.54) is 24.6 Å². The van der Waals surface area contributed by atoms with Crippen LogP contribution in [0.5, 0.6) is 5.75 Å². The fourth-order valence-electron chi connectivity index (χ4n) is 2.56. The molecule has 1 N–H and O–H groups in total. The van der Waals surface area contributed by atoms with Crippen LogP contribution >= 0.6 is 23.1 Å². The molecule has 0 bridgehead atoms. The number of carbonyl (C=O) groups is 1. The molecule has 1 aromatic heterocycles. The van der Waals surface area contributed by atoms with Crippen LogP contribution in [0.2, 0.25) is 0 Å². The largest absolute Gasteiger partial charge is 0.494 e. The molecule has 152 valence electrons. The van der Waals surface area contributed by atoms with Gasteiger partial charge >= 0.3 is 0 Å². The molecule has 0 aliphatic rings. The summed E-state index contributed by atoms with van der Waals surface area (Å²) >= 11 is 3.04. The molecule has 1 heterocycles. The highest BCUT2D eigenvalue weighted by Crippen LogP contribution is 2.31. The number of fused-ring (bicyclic) bond motifs is 1. The maximum Gasteiger partial charge on any atom is 0.253 e. The Bertz CT molecular complexity index is 921. The number of hydrogen-bond acceptors (Lipinski definition) is 6. The summed E-state index contributed by atoms with van der Waals surface area (Å²) in [4.78, 5) is 16.8. The van der Waals surface area contributed by atoms with E-state index in [-0.39, 0.29) is 11.2 Å². The van der Waals surface area contributed by atoms with Gasteiger partial charge < -0.3 is 4.74 Å². The predicted molar refractivity (Wildman–Crippen MR) is 122 cm³/mol. The van der Waals surface area contributed by atoms with Gasteiger partial charge in [-0.05, 0) is 55.3 Å². The van der Waals surface area contributed by atoms with Gasteiger partial charge in [0.05, 0.1) is 28.3 Å². The zero-order chi connectivity index (χ0) is 20.5. The Morgan fingerprint density at radius 1 is 1.24 bits per heavy atom. The first-order valence-corrected chi connectivity index (χ1v) is 11.4. The lowest BCUT2D eigenvalue weighted by molar-refractivity contribution is -0.120. The van der Waals surface area contributed by atoms with Crippen LogP contribution in [-0.4, -0.2) is 29.0 Å². The zero-order valence-electron chi connectivity index (χ0n) is 16.6. The smallest absolute Gasteiger partial charge is 0.253 e. The van der Waals surface area contributed by atoms with Crippen molar-refractivity contribution in [1.82, 2.24) is 10.4 Å². The Hall–Kier alpha value is -2.38. The van der Waals surface area contributed by atoms with Crippen LogP contribution in [0.15, 0.2) is 58.0 Å². The number of hydrazone groups is 1. The first kappa shape index (κ1) is 21.3. The number of para-hydroxylation sites is 1. The van der Waals surface area contributed by atoms with Crippen molar-refractivity contribution >= 4 is 45.4 Å². The van der Waals surface area contributed by atoms with E-state index in [4.69, 9.17) is 4.74 Å². The Kier molecular flexibility index (Phi) is 8.07. The molecule has 0 saturated carbocycles. The molecule has 3 aromatic rings. The summed E-state index contributed by atoms with van der Waals surface area (Å²) in [6.45, 7) is 4.76.